The van der Waals surface area contributed by atoms with Gasteiger partial charge < -0.3 is 11.5 Å². The zero-order valence-electron chi connectivity index (χ0n) is 11.5. The SMILES string of the molecule is CC1(C)N=C(N)N=C(N)N1c1cccc(S(N)(=O)=O)c1.Cl. The summed E-state index contributed by atoms with van der Waals surface area (Å²) in [5.74, 6) is 0.209. The minimum Gasteiger partial charge on any atom is -0.369 e. The normalized spacial score (nSPS) is 17.6. The van der Waals surface area contributed by atoms with Gasteiger partial charge in [-0.15, -0.1) is 12.4 Å². The Labute approximate surface area is 129 Å². The van der Waals surface area contributed by atoms with E-state index in [0.717, 1.165) is 0 Å². The lowest BCUT2D eigenvalue weighted by molar-refractivity contribution is 0.533. The van der Waals surface area contributed by atoms with E-state index in [9.17, 15) is 8.42 Å². The Morgan fingerprint density at radius 3 is 2.38 bits per heavy atom. The Morgan fingerprint density at radius 2 is 1.86 bits per heavy atom. The lowest BCUT2D eigenvalue weighted by atomic mass is 10.1. The predicted octanol–water partition coefficient (Wildman–Crippen LogP) is -0.0587. The molecule has 0 radical (unpaired) electrons. The molecule has 6 N–H and O–H groups in total. The Hall–Kier alpha value is -1.84. The molecule has 0 amide bonds. The molecule has 0 unspecified atom stereocenters. The van der Waals surface area contributed by atoms with Crippen molar-refractivity contribution in [3.63, 3.8) is 0 Å². The summed E-state index contributed by atoms with van der Waals surface area (Å²) in [7, 11) is -3.80. The van der Waals surface area contributed by atoms with Crippen molar-refractivity contribution in [2.45, 2.75) is 24.4 Å². The summed E-state index contributed by atoms with van der Waals surface area (Å²) in [5, 5.41) is 5.12. The first-order chi connectivity index (χ1) is 9.11. The number of rotatable bonds is 2. The fraction of sp³-hybridized carbons (Fsp3) is 0.273. The zero-order chi connectivity index (χ0) is 15.1. The fourth-order valence-corrected chi connectivity index (χ4v) is 2.60. The van der Waals surface area contributed by atoms with Gasteiger partial charge in [0.15, 0.2) is 0 Å². The molecule has 0 aliphatic carbocycles. The van der Waals surface area contributed by atoms with Crippen molar-refractivity contribution >= 4 is 40.0 Å². The summed E-state index contributed by atoms with van der Waals surface area (Å²) in [6.07, 6.45) is 0. The molecule has 0 spiro atoms. The number of hydrogen-bond donors (Lipinski definition) is 3. The van der Waals surface area contributed by atoms with Gasteiger partial charge in [0, 0.05) is 5.69 Å². The van der Waals surface area contributed by atoms with E-state index in [4.69, 9.17) is 16.6 Å². The highest BCUT2D eigenvalue weighted by Gasteiger charge is 2.33. The van der Waals surface area contributed by atoms with Gasteiger partial charge in [-0.2, -0.15) is 4.99 Å². The second-order valence-electron chi connectivity index (χ2n) is 4.81. The van der Waals surface area contributed by atoms with Gasteiger partial charge in [0.05, 0.1) is 4.90 Å². The van der Waals surface area contributed by atoms with Crippen LogP contribution >= 0.6 is 12.4 Å². The highest BCUT2D eigenvalue weighted by Crippen LogP contribution is 2.28. The zero-order valence-corrected chi connectivity index (χ0v) is 13.1. The lowest BCUT2D eigenvalue weighted by Crippen LogP contribution is -2.54. The van der Waals surface area contributed by atoms with Crippen molar-refractivity contribution < 1.29 is 8.42 Å². The topological polar surface area (TPSA) is 140 Å². The molecule has 1 aliphatic heterocycles. The maximum Gasteiger partial charge on any atom is 0.238 e. The Bertz CT molecular complexity index is 713. The quantitative estimate of drug-likeness (QED) is 0.696. The van der Waals surface area contributed by atoms with E-state index >= 15 is 0 Å². The van der Waals surface area contributed by atoms with Gasteiger partial charge in [0.1, 0.15) is 5.66 Å². The number of benzene rings is 1. The molecule has 21 heavy (non-hydrogen) atoms. The maximum absolute atomic E-state index is 11.4. The Kier molecular flexibility index (Phi) is 4.51. The van der Waals surface area contributed by atoms with E-state index in [0.29, 0.717) is 5.69 Å². The third-order valence-electron chi connectivity index (χ3n) is 2.80. The summed E-state index contributed by atoms with van der Waals surface area (Å²) in [4.78, 5) is 9.65. The number of sulfonamides is 1. The average Bonchev–Trinajstić information content (AvgIpc) is 2.25. The molecule has 1 aliphatic rings. The first-order valence-corrected chi connectivity index (χ1v) is 7.28. The van der Waals surface area contributed by atoms with Crippen LogP contribution in [0.2, 0.25) is 0 Å². The minimum absolute atomic E-state index is 0. The van der Waals surface area contributed by atoms with Gasteiger partial charge in [-0.1, -0.05) is 6.07 Å². The van der Waals surface area contributed by atoms with Crippen molar-refractivity contribution in [3.8, 4) is 0 Å². The summed E-state index contributed by atoms with van der Waals surface area (Å²) < 4.78 is 22.8. The van der Waals surface area contributed by atoms with Crippen molar-refractivity contribution in [3.05, 3.63) is 24.3 Å². The first kappa shape index (κ1) is 17.2. The molecule has 0 saturated carbocycles. The smallest absolute Gasteiger partial charge is 0.238 e. The number of aliphatic imine (C=N–C) groups is 2. The number of primary sulfonamides is 1. The number of halogens is 1. The molecule has 0 bridgehead atoms. The van der Waals surface area contributed by atoms with Crippen LogP contribution in [-0.4, -0.2) is 26.0 Å². The first-order valence-electron chi connectivity index (χ1n) is 5.74. The average molecular weight is 333 g/mol. The van der Waals surface area contributed by atoms with Crippen molar-refractivity contribution in [1.82, 2.24) is 0 Å². The van der Waals surface area contributed by atoms with E-state index in [1.165, 1.54) is 12.1 Å². The van der Waals surface area contributed by atoms with E-state index in [-0.39, 0.29) is 29.2 Å². The maximum atomic E-state index is 11.4. The standard InChI is InChI=1S/C11H16N6O2S.ClH/c1-11(2)16-9(12)15-10(13)17(11)7-4-3-5-8(6-7)20(14,18)19;/h3-6H,1-2H3,(H2,14,18,19)(H4,12,13,15,16);1H. The third kappa shape index (κ3) is 3.43. The molecule has 8 nitrogen and oxygen atoms in total. The molecule has 116 valence electrons. The highest BCUT2D eigenvalue weighted by molar-refractivity contribution is 7.89. The van der Waals surface area contributed by atoms with Gasteiger partial charge in [-0.05, 0) is 32.0 Å². The van der Waals surface area contributed by atoms with Crippen LogP contribution in [0.5, 0.6) is 0 Å². The predicted molar refractivity (Wildman–Crippen MR) is 84.9 cm³/mol. The van der Waals surface area contributed by atoms with Gasteiger partial charge in [0.25, 0.3) is 0 Å². The molecular formula is C11H17ClN6O2S. The van der Waals surface area contributed by atoms with Gasteiger partial charge in [0.2, 0.25) is 21.9 Å². The second-order valence-corrected chi connectivity index (χ2v) is 6.37. The third-order valence-corrected chi connectivity index (χ3v) is 3.71. The summed E-state index contributed by atoms with van der Waals surface area (Å²) >= 11 is 0. The van der Waals surface area contributed by atoms with E-state index in [2.05, 4.69) is 9.98 Å². The molecule has 10 heteroatoms. The molecule has 1 aromatic carbocycles. The van der Waals surface area contributed by atoms with Gasteiger partial charge in [-0.25, -0.2) is 18.5 Å². The van der Waals surface area contributed by atoms with Crippen molar-refractivity contribution in [2.75, 3.05) is 4.90 Å². The minimum atomic E-state index is -3.80. The number of guanidine groups is 2. The molecule has 0 saturated heterocycles. The highest BCUT2D eigenvalue weighted by atomic mass is 35.5. The second kappa shape index (κ2) is 5.51. The van der Waals surface area contributed by atoms with Gasteiger partial charge >= 0.3 is 0 Å². The Balaban J connectivity index is 0.00000220. The molecule has 0 aromatic heterocycles. The Morgan fingerprint density at radius 1 is 1.24 bits per heavy atom. The monoisotopic (exact) mass is 332 g/mol. The molecular weight excluding hydrogens is 316 g/mol. The summed E-state index contributed by atoms with van der Waals surface area (Å²) in [5.41, 5.74) is 11.2. The van der Waals surface area contributed by atoms with Crippen LogP contribution in [0.25, 0.3) is 0 Å². The molecule has 0 atom stereocenters. The molecule has 1 heterocycles. The fourth-order valence-electron chi connectivity index (χ4n) is 2.05. The van der Waals surface area contributed by atoms with Crippen molar-refractivity contribution in [1.29, 1.82) is 0 Å². The number of anilines is 1. The van der Waals surface area contributed by atoms with E-state index in [1.807, 2.05) is 0 Å². The van der Waals surface area contributed by atoms with Crippen LogP contribution in [0.15, 0.2) is 39.1 Å². The van der Waals surface area contributed by atoms with Gasteiger partial charge in [-0.3, -0.25) is 4.90 Å². The molecule has 2 rings (SSSR count). The lowest BCUT2D eigenvalue weighted by Gasteiger charge is -2.38. The summed E-state index contributed by atoms with van der Waals surface area (Å²) in [6.45, 7) is 3.57. The van der Waals surface area contributed by atoms with E-state index in [1.54, 1.807) is 30.9 Å². The number of hydrogen-bond acceptors (Lipinski definition) is 7. The van der Waals surface area contributed by atoms with Crippen LogP contribution < -0.4 is 21.5 Å². The van der Waals surface area contributed by atoms with Crippen LogP contribution in [0.3, 0.4) is 0 Å². The van der Waals surface area contributed by atoms with Crippen LogP contribution in [0.1, 0.15) is 13.8 Å². The number of nitrogens with zero attached hydrogens (tertiary/aromatic N) is 3. The van der Waals surface area contributed by atoms with Crippen molar-refractivity contribution in [2.24, 2.45) is 26.6 Å². The largest absolute Gasteiger partial charge is 0.369 e. The van der Waals surface area contributed by atoms with Crippen LogP contribution in [-0.2, 0) is 10.0 Å². The molecule has 1 aromatic rings. The summed E-state index contributed by atoms with van der Waals surface area (Å²) in [6, 6.07) is 6.08. The number of nitrogens with two attached hydrogens (primary N) is 3. The van der Waals surface area contributed by atoms with Crippen LogP contribution in [0, 0.1) is 0 Å². The molecule has 0 fully saturated rings. The van der Waals surface area contributed by atoms with Crippen LogP contribution in [0.4, 0.5) is 5.69 Å². The van der Waals surface area contributed by atoms with E-state index < -0.39 is 15.7 Å².